The molecule has 3 heterocycles. The molecule has 3 aromatic rings. The highest BCUT2D eigenvalue weighted by molar-refractivity contribution is 7.12. The fourth-order valence-corrected chi connectivity index (χ4v) is 2.47. The van der Waals surface area contributed by atoms with Crippen LogP contribution in [0.2, 0.25) is 0 Å². The molecule has 3 aromatic heterocycles. The second-order valence-corrected chi connectivity index (χ2v) is 5.40. The van der Waals surface area contributed by atoms with Crippen LogP contribution in [-0.4, -0.2) is 26.1 Å². The summed E-state index contributed by atoms with van der Waals surface area (Å²) in [6.45, 7) is 1.86. The summed E-state index contributed by atoms with van der Waals surface area (Å²) in [6, 6.07) is 7.06. The zero-order chi connectivity index (χ0) is 14.7. The average Bonchev–Trinajstić information content (AvgIpc) is 3.20. The topological polar surface area (TPSA) is 83.6 Å². The minimum absolute atomic E-state index is 0.112. The number of carbonyl (C=O) groups is 1. The van der Waals surface area contributed by atoms with E-state index >= 15 is 0 Å². The fraction of sp³-hybridized carbons (Fsp3) is 0.143. The maximum atomic E-state index is 12.0. The Morgan fingerprint density at radius 2 is 2.14 bits per heavy atom. The number of hydrogen-bond acceptors (Lipinski definition) is 5. The van der Waals surface area contributed by atoms with Gasteiger partial charge in [-0.25, -0.2) is 4.98 Å². The van der Waals surface area contributed by atoms with Gasteiger partial charge >= 0.3 is 0 Å². The van der Waals surface area contributed by atoms with Crippen molar-refractivity contribution in [2.75, 3.05) is 0 Å². The van der Waals surface area contributed by atoms with E-state index < -0.39 is 0 Å². The van der Waals surface area contributed by atoms with E-state index in [4.69, 9.17) is 0 Å². The second-order valence-electron chi connectivity index (χ2n) is 4.45. The molecule has 0 unspecified atom stereocenters. The molecule has 0 aromatic carbocycles. The molecule has 7 heteroatoms. The predicted molar refractivity (Wildman–Crippen MR) is 79.8 cm³/mol. The fourth-order valence-electron chi connectivity index (χ4n) is 1.84. The predicted octanol–water partition coefficient (Wildman–Crippen LogP) is 2.42. The van der Waals surface area contributed by atoms with Crippen molar-refractivity contribution >= 4 is 17.2 Å². The van der Waals surface area contributed by atoms with E-state index in [0.717, 1.165) is 5.56 Å². The zero-order valence-electron chi connectivity index (χ0n) is 11.3. The molecule has 0 bridgehead atoms. The molecule has 106 valence electrons. The molecule has 0 aliphatic heterocycles. The summed E-state index contributed by atoms with van der Waals surface area (Å²) in [5.74, 6) is 1.09. The van der Waals surface area contributed by atoms with Crippen LogP contribution in [0.5, 0.6) is 0 Å². The molecule has 3 rings (SSSR count). The van der Waals surface area contributed by atoms with Crippen molar-refractivity contribution in [1.82, 2.24) is 25.5 Å². The number of H-pyrrole nitrogens is 1. The quantitative estimate of drug-likeness (QED) is 0.775. The lowest BCUT2D eigenvalue weighted by Gasteiger charge is -2.09. The largest absolute Gasteiger partial charge is 0.342 e. The molecule has 0 aliphatic carbocycles. The highest BCUT2D eigenvalue weighted by atomic mass is 32.1. The number of hydrogen-bond donors (Lipinski definition) is 2. The van der Waals surface area contributed by atoms with Gasteiger partial charge in [0.15, 0.2) is 5.82 Å². The number of nitrogens with one attached hydrogen (secondary N) is 2. The highest BCUT2D eigenvalue weighted by Crippen LogP contribution is 2.16. The Bertz CT molecular complexity index is 723. The maximum absolute atomic E-state index is 12.0. The Labute approximate surface area is 125 Å². The third-order valence-corrected chi connectivity index (χ3v) is 3.81. The van der Waals surface area contributed by atoms with Gasteiger partial charge in [-0.05, 0) is 30.5 Å². The van der Waals surface area contributed by atoms with Crippen LogP contribution in [0, 0.1) is 0 Å². The van der Waals surface area contributed by atoms with Crippen molar-refractivity contribution in [2.45, 2.75) is 13.0 Å². The van der Waals surface area contributed by atoms with E-state index in [0.29, 0.717) is 16.5 Å². The molecular weight excluding hydrogens is 286 g/mol. The first-order valence-electron chi connectivity index (χ1n) is 6.41. The average molecular weight is 299 g/mol. The van der Waals surface area contributed by atoms with Crippen LogP contribution in [-0.2, 0) is 0 Å². The molecule has 0 aliphatic rings. The third-order valence-electron chi connectivity index (χ3n) is 2.94. The summed E-state index contributed by atoms with van der Waals surface area (Å²) in [5, 5.41) is 11.8. The summed E-state index contributed by atoms with van der Waals surface area (Å²) < 4.78 is 0. The van der Waals surface area contributed by atoms with Gasteiger partial charge in [-0.15, -0.1) is 11.3 Å². The van der Waals surface area contributed by atoms with Crippen molar-refractivity contribution in [1.29, 1.82) is 0 Å². The lowest BCUT2D eigenvalue weighted by molar-refractivity contribution is 0.0942. The number of pyridine rings is 1. The van der Waals surface area contributed by atoms with Crippen molar-refractivity contribution in [3.8, 4) is 11.4 Å². The van der Waals surface area contributed by atoms with Crippen LogP contribution in [0.1, 0.15) is 28.5 Å². The van der Waals surface area contributed by atoms with E-state index in [1.54, 1.807) is 18.5 Å². The number of aromatic amines is 1. The van der Waals surface area contributed by atoms with Gasteiger partial charge < -0.3 is 5.32 Å². The summed E-state index contributed by atoms with van der Waals surface area (Å²) >= 11 is 1.41. The Morgan fingerprint density at radius 1 is 1.33 bits per heavy atom. The molecule has 0 saturated carbocycles. The molecule has 0 saturated heterocycles. The van der Waals surface area contributed by atoms with Crippen LogP contribution in [0.25, 0.3) is 11.4 Å². The van der Waals surface area contributed by atoms with Crippen molar-refractivity contribution in [3.05, 3.63) is 52.7 Å². The SMILES string of the molecule is C[C@H](NC(=O)c1cccs1)c1nc(-c2ccncc2)n[nH]1. The number of aromatic nitrogens is 4. The number of nitrogens with zero attached hydrogens (tertiary/aromatic N) is 3. The molecule has 2 N–H and O–H groups in total. The van der Waals surface area contributed by atoms with E-state index in [9.17, 15) is 4.79 Å². The summed E-state index contributed by atoms with van der Waals surface area (Å²) in [6.07, 6.45) is 3.38. The Morgan fingerprint density at radius 3 is 2.86 bits per heavy atom. The first kappa shape index (κ1) is 13.4. The smallest absolute Gasteiger partial charge is 0.261 e. The van der Waals surface area contributed by atoms with Gasteiger partial charge in [0.2, 0.25) is 0 Å². The maximum Gasteiger partial charge on any atom is 0.261 e. The van der Waals surface area contributed by atoms with Crippen LogP contribution in [0.4, 0.5) is 0 Å². The number of thiophene rings is 1. The summed E-state index contributed by atoms with van der Waals surface area (Å²) in [7, 11) is 0. The first-order chi connectivity index (χ1) is 10.2. The second kappa shape index (κ2) is 5.84. The normalized spacial score (nSPS) is 12.0. The van der Waals surface area contributed by atoms with Crippen LogP contribution < -0.4 is 5.32 Å². The van der Waals surface area contributed by atoms with Crippen molar-refractivity contribution < 1.29 is 4.79 Å². The molecule has 1 amide bonds. The minimum atomic E-state index is -0.248. The van der Waals surface area contributed by atoms with Gasteiger partial charge in [0.25, 0.3) is 5.91 Å². The van der Waals surface area contributed by atoms with Gasteiger partial charge in [-0.1, -0.05) is 6.07 Å². The van der Waals surface area contributed by atoms with Gasteiger partial charge in [-0.2, -0.15) is 5.10 Å². The standard InChI is InChI=1S/C14H13N5OS/c1-9(16-14(20)11-3-2-8-21-11)12-17-13(19-18-12)10-4-6-15-7-5-10/h2-9H,1H3,(H,16,20)(H,17,18,19)/t9-/m0/s1. The molecule has 21 heavy (non-hydrogen) atoms. The van der Waals surface area contributed by atoms with E-state index in [-0.39, 0.29) is 11.9 Å². The van der Waals surface area contributed by atoms with Crippen molar-refractivity contribution in [3.63, 3.8) is 0 Å². The summed E-state index contributed by atoms with van der Waals surface area (Å²) in [5.41, 5.74) is 0.879. The lowest BCUT2D eigenvalue weighted by Crippen LogP contribution is -2.26. The number of carbonyl (C=O) groups excluding carboxylic acids is 1. The number of amides is 1. The Kier molecular flexibility index (Phi) is 3.74. The lowest BCUT2D eigenvalue weighted by atomic mass is 10.2. The Balaban J connectivity index is 1.73. The van der Waals surface area contributed by atoms with Crippen LogP contribution >= 0.6 is 11.3 Å². The number of rotatable bonds is 4. The summed E-state index contributed by atoms with van der Waals surface area (Å²) in [4.78, 5) is 21.0. The molecule has 1 atom stereocenters. The first-order valence-corrected chi connectivity index (χ1v) is 7.29. The molecule has 0 spiro atoms. The van der Waals surface area contributed by atoms with Gasteiger partial charge in [0.05, 0.1) is 10.9 Å². The monoisotopic (exact) mass is 299 g/mol. The minimum Gasteiger partial charge on any atom is -0.342 e. The van der Waals surface area contributed by atoms with Gasteiger partial charge in [0, 0.05) is 18.0 Å². The van der Waals surface area contributed by atoms with Crippen LogP contribution in [0.15, 0.2) is 42.0 Å². The molecular formula is C14H13N5OS. The molecule has 0 fully saturated rings. The van der Waals surface area contributed by atoms with Crippen LogP contribution in [0.3, 0.4) is 0 Å². The van der Waals surface area contributed by atoms with Crippen molar-refractivity contribution in [2.24, 2.45) is 0 Å². The zero-order valence-corrected chi connectivity index (χ0v) is 12.1. The third kappa shape index (κ3) is 2.97. The van der Waals surface area contributed by atoms with E-state index in [2.05, 4.69) is 25.5 Å². The van der Waals surface area contributed by atoms with Gasteiger partial charge in [-0.3, -0.25) is 14.9 Å². The molecule has 0 radical (unpaired) electrons. The van der Waals surface area contributed by atoms with E-state index in [1.165, 1.54) is 11.3 Å². The Hall–Kier alpha value is -2.54. The van der Waals surface area contributed by atoms with Gasteiger partial charge in [0.1, 0.15) is 5.82 Å². The molecule has 6 nitrogen and oxygen atoms in total. The van der Waals surface area contributed by atoms with E-state index in [1.807, 2.05) is 30.5 Å². The highest BCUT2D eigenvalue weighted by Gasteiger charge is 2.16.